The Kier molecular flexibility index (Phi) is 4.94. The lowest BCUT2D eigenvalue weighted by molar-refractivity contribution is -0.130. The Morgan fingerprint density at radius 2 is 1.92 bits per heavy atom. The van der Waals surface area contributed by atoms with E-state index in [9.17, 15) is 9.18 Å². The summed E-state index contributed by atoms with van der Waals surface area (Å²) in [5.41, 5.74) is 1.70. The van der Waals surface area contributed by atoms with E-state index >= 15 is 0 Å². The van der Waals surface area contributed by atoms with Gasteiger partial charge in [-0.15, -0.1) is 0 Å². The second-order valence-electron chi connectivity index (χ2n) is 6.08. The zero-order valence-corrected chi connectivity index (χ0v) is 14.1. The number of hydrogen-bond acceptors (Lipinski definition) is 4. The molecule has 1 fully saturated rings. The Hall–Kier alpha value is -2.94. The molecular formula is C19H19FN4O. The van der Waals surface area contributed by atoms with Crippen molar-refractivity contribution in [2.75, 3.05) is 31.1 Å². The van der Waals surface area contributed by atoms with E-state index in [1.165, 1.54) is 6.07 Å². The molecule has 1 saturated heterocycles. The monoisotopic (exact) mass is 338 g/mol. The van der Waals surface area contributed by atoms with Crippen molar-refractivity contribution in [3.05, 3.63) is 59.0 Å². The molecular weight excluding hydrogens is 319 g/mol. The number of aryl methyl sites for hydroxylation is 1. The Balaban J connectivity index is 1.61. The highest BCUT2D eigenvalue weighted by molar-refractivity contribution is 5.79. The van der Waals surface area contributed by atoms with Gasteiger partial charge >= 0.3 is 0 Å². The van der Waals surface area contributed by atoms with Crippen LogP contribution in [0.15, 0.2) is 36.4 Å². The zero-order valence-electron chi connectivity index (χ0n) is 14.1. The standard InChI is InChI=1S/C19H19FN4O/c1-14-6-7-18(22-17(14)13-21)23-8-10-24(11-9-23)19(25)12-15-4-2-3-5-16(15)20/h2-7H,8-12H2,1H3. The van der Waals surface area contributed by atoms with Gasteiger partial charge in [0.05, 0.1) is 6.42 Å². The second kappa shape index (κ2) is 7.31. The van der Waals surface area contributed by atoms with E-state index in [0.717, 1.165) is 11.4 Å². The van der Waals surface area contributed by atoms with Crippen LogP contribution in [0.4, 0.5) is 10.2 Å². The van der Waals surface area contributed by atoms with Crippen molar-refractivity contribution in [3.8, 4) is 6.07 Å². The quantitative estimate of drug-likeness (QED) is 0.861. The summed E-state index contributed by atoms with van der Waals surface area (Å²) in [4.78, 5) is 20.6. The number of anilines is 1. The molecule has 2 heterocycles. The molecule has 25 heavy (non-hydrogen) atoms. The number of pyridine rings is 1. The molecule has 0 radical (unpaired) electrons. The molecule has 1 aromatic carbocycles. The van der Waals surface area contributed by atoms with Crippen LogP contribution in [0.3, 0.4) is 0 Å². The maximum absolute atomic E-state index is 13.7. The van der Waals surface area contributed by atoms with E-state index in [1.54, 1.807) is 23.1 Å². The Labute approximate surface area is 146 Å². The number of benzene rings is 1. The van der Waals surface area contributed by atoms with Gasteiger partial charge in [-0.25, -0.2) is 9.37 Å². The van der Waals surface area contributed by atoms with Gasteiger partial charge in [0.1, 0.15) is 23.4 Å². The van der Waals surface area contributed by atoms with Gasteiger partial charge in [0.25, 0.3) is 0 Å². The van der Waals surface area contributed by atoms with Gasteiger partial charge in [-0.1, -0.05) is 24.3 Å². The highest BCUT2D eigenvalue weighted by Crippen LogP contribution is 2.17. The molecule has 0 aliphatic carbocycles. The zero-order chi connectivity index (χ0) is 17.8. The van der Waals surface area contributed by atoms with Crippen molar-refractivity contribution in [2.45, 2.75) is 13.3 Å². The maximum Gasteiger partial charge on any atom is 0.227 e. The van der Waals surface area contributed by atoms with Gasteiger partial charge in [0.2, 0.25) is 5.91 Å². The largest absolute Gasteiger partial charge is 0.353 e. The van der Waals surface area contributed by atoms with Crippen LogP contribution in [-0.4, -0.2) is 42.0 Å². The van der Waals surface area contributed by atoms with Crippen LogP contribution in [0.25, 0.3) is 0 Å². The first-order valence-corrected chi connectivity index (χ1v) is 8.22. The van der Waals surface area contributed by atoms with Crippen molar-refractivity contribution < 1.29 is 9.18 Å². The molecule has 3 rings (SSSR count). The average molecular weight is 338 g/mol. The van der Waals surface area contributed by atoms with E-state index in [-0.39, 0.29) is 18.1 Å². The molecule has 6 heteroatoms. The van der Waals surface area contributed by atoms with Crippen molar-refractivity contribution in [1.82, 2.24) is 9.88 Å². The van der Waals surface area contributed by atoms with E-state index in [0.29, 0.717) is 37.4 Å². The van der Waals surface area contributed by atoms with Crippen LogP contribution in [0.2, 0.25) is 0 Å². The van der Waals surface area contributed by atoms with Crippen molar-refractivity contribution in [2.24, 2.45) is 0 Å². The first-order valence-electron chi connectivity index (χ1n) is 8.22. The highest BCUT2D eigenvalue weighted by atomic mass is 19.1. The first-order chi connectivity index (χ1) is 12.1. The lowest BCUT2D eigenvalue weighted by atomic mass is 10.1. The number of rotatable bonds is 3. The number of halogens is 1. The van der Waals surface area contributed by atoms with E-state index in [4.69, 9.17) is 5.26 Å². The molecule has 0 N–H and O–H groups in total. The van der Waals surface area contributed by atoms with Crippen LogP contribution in [0, 0.1) is 24.1 Å². The molecule has 0 bridgehead atoms. The number of carbonyl (C=O) groups excluding carboxylic acids is 1. The number of carbonyl (C=O) groups is 1. The Bertz CT molecular complexity index is 822. The van der Waals surface area contributed by atoms with Crippen LogP contribution >= 0.6 is 0 Å². The summed E-state index contributed by atoms with van der Waals surface area (Å²) < 4.78 is 13.7. The molecule has 0 saturated carbocycles. The minimum absolute atomic E-state index is 0.0701. The maximum atomic E-state index is 13.7. The number of nitrogens with zero attached hydrogens (tertiary/aromatic N) is 4. The third-order valence-electron chi connectivity index (χ3n) is 4.44. The van der Waals surface area contributed by atoms with Crippen molar-refractivity contribution in [1.29, 1.82) is 5.26 Å². The van der Waals surface area contributed by atoms with Gasteiger partial charge in [-0.05, 0) is 30.2 Å². The van der Waals surface area contributed by atoms with Gasteiger partial charge in [0.15, 0.2) is 0 Å². The van der Waals surface area contributed by atoms with Gasteiger partial charge in [0, 0.05) is 26.2 Å². The predicted octanol–water partition coefficient (Wildman–Crippen LogP) is 2.29. The summed E-state index contributed by atoms with van der Waals surface area (Å²) in [6.07, 6.45) is 0.0774. The number of nitriles is 1. The van der Waals surface area contributed by atoms with Crippen LogP contribution in [-0.2, 0) is 11.2 Å². The second-order valence-corrected chi connectivity index (χ2v) is 6.08. The van der Waals surface area contributed by atoms with E-state index < -0.39 is 0 Å². The highest BCUT2D eigenvalue weighted by Gasteiger charge is 2.23. The van der Waals surface area contributed by atoms with Gasteiger partial charge in [-0.3, -0.25) is 4.79 Å². The SMILES string of the molecule is Cc1ccc(N2CCN(C(=O)Cc3ccccc3F)CC2)nc1C#N. The van der Waals surface area contributed by atoms with Gasteiger partial charge in [-0.2, -0.15) is 5.26 Å². The normalized spacial score (nSPS) is 14.3. The Morgan fingerprint density at radius 1 is 1.20 bits per heavy atom. The molecule has 5 nitrogen and oxygen atoms in total. The number of piperazine rings is 1. The Morgan fingerprint density at radius 3 is 2.60 bits per heavy atom. The molecule has 1 amide bonds. The number of aromatic nitrogens is 1. The lowest BCUT2D eigenvalue weighted by Crippen LogP contribution is -2.49. The third-order valence-corrected chi connectivity index (χ3v) is 4.44. The first kappa shape index (κ1) is 16.9. The fraction of sp³-hybridized carbons (Fsp3) is 0.316. The summed E-state index contributed by atoms with van der Waals surface area (Å²) in [7, 11) is 0. The third kappa shape index (κ3) is 3.77. The number of hydrogen-bond donors (Lipinski definition) is 0. The molecule has 2 aromatic rings. The molecule has 0 atom stereocenters. The average Bonchev–Trinajstić information content (AvgIpc) is 2.64. The molecule has 0 unspecified atom stereocenters. The van der Waals surface area contributed by atoms with Crippen molar-refractivity contribution >= 4 is 11.7 Å². The summed E-state index contributed by atoms with van der Waals surface area (Å²) in [5.74, 6) is 0.338. The fourth-order valence-electron chi connectivity index (χ4n) is 2.91. The molecule has 0 spiro atoms. The summed E-state index contributed by atoms with van der Waals surface area (Å²) >= 11 is 0. The van der Waals surface area contributed by atoms with E-state index in [1.807, 2.05) is 19.1 Å². The molecule has 1 aliphatic rings. The van der Waals surface area contributed by atoms with Crippen LogP contribution in [0.5, 0.6) is 0 Å². The summed E-state index contributed by atoms with van der Waals surface area (Å²) in [6, 6.07) is 12.2. The summed E-state index contributed by atoms with van der Waals surface area (Å²) in [5, 5.41) is 9.10. The van der Waals surface area contributed by atoms with Crippen molar-refractivity contribution in [3.63, 3.8) is 0 Å². The lowest BCUT2D eigenvalue weighted by Gasteiger charge is -2.35. The fourth-order valence-corrected chi connectivity index (χ4v) is 2.91. The van der Waals surface area contributed by atoms with Gasteiger partial charge < -0.3 is 9.80 Å². The summed E-state index contributed by atoms with van der Waals surface area (Å²) in [6.45, 7) is 4.26. The predicted molar refractivity (Wildman–Crippen MR) is 92.6 cm³/mol. The number of amides is 1. The molecule has 1 aliphatic heterocycles. The topological polar surface area (TPSA) is 60.2 Å². The van der Waals surface area contributed by atoms with Crippen LogP contribution < -0.4 is 4.90 Å². The minimum atomic E-state index is -0.345. The smallest absolute Gasteiger partial charge is 0.227 e. The van der Waals surface area contributed by atoms with E-state index in [2.05, 4.69) is 16.0 Å². The minimum Gasteiger partial charge on any atom is -0.353 e. The van der Waals surface area contributed by atoms with Crippen LogP contribution in [0.1, 0.15) is 16.8 Å². The molecule has 1 aromatic heterocycles. The molecule has 128 valence electrons.